The van der Waals surface area contributed by atoms with E-state index in [4.69, 9.17) is 7.94 Å². The van der Waals surface area contributed by atoms with Gasteiger partial charge in [0.1, 0.15) is 0 Å². The smallest absolute Gasteiger partial charge is 0.190 e. The van der Waals surface area contributed by atoms with Crippen LogP contribution in [0.4, 0.5) is 0 Å². The summed E-state index contributed by atoms with van der Waals surface area (Å²) in [6, 6.07) is 0. The molecule has 0 aliphatic heterocycles. The van der Waals surface area contributed by atoms with E-state index in [0.717, 1.165) is 0 Å². The zero-order valence-electron chi connectivity index (χ0n) is 8.53. The third kappa shape index (κ3) is 9.02. The normalized spacial score (nSPS) is 13.9. The summed E-state index contributed by atoms with van der Waals surface area (Å²) in [6.45, 7) is 11.7. The molecule has 3 nitrogen and oxygen atoms in total. The van der Waals surface area contributed by atoms with Crippen molar-refractivity contribution in [1.29, 1.82) is 0 Å². The summed E-state index contributed by atoms with van der Waals surface area (Å²) in [6.07, 6.45) is 0. The molecule has 6 heteroatoms. The minimum atomic E-state index is -1.56. The monoisotopic (exact) mass is 232 g/mol. The summed E-state index contributed by atoms with van der Waals surface area (Å²) < 4.78 is 21.6. The molecule has 0 aliphatic carbocycles. The van der Waals surface area contributed by atoms with E-state index in [1.54, 1.807) is 0 Å². The summed E-state index contributed by atoms with van der Waals surface area (Å²) >= 11 is -1.56. The minimum Gasteiger partial charge on any atom is -0.190 e. The van der Waals surface area contributed by atoms with Crippen LogP contribution < -0.4 is 0 Å². The molecule has 0 heterocycles. The van der Waals surface area contributed by atoms with Crippen molar-refractivity contribution in [3.05, 3.63) is 0 Å². The Labute approximate surface area is 78.9 Å². The quantitative estimate of drug-likeness (QED) is 0.697. The van der Waals surface area contributed by atoms with Gasteiger partial charge in [-0.05, 0) is 0 Å². The van der Waals surface area contributed by atoms with E-state index in [0.29, 0.717) is 0 Å². The van der Waals surface area contributed by atoms with Crippen molar-refractivity contribution in [1.82, 2.24) is 0 Å². The second-order valence-electron chi connectivity index (χ2n) is 4.13. The molecule has 0 atom stereocenters. The van der Waals surface area contributed by atoms with E-state index in [2.05, 4.69) is 0 Å². The van der Waals surface area contributed by atoms with Gasteiger partial charge in [-0.3, -0.25) is 0 Å². The molecule has 0 rings (SSSR count). The van der Waals surface area contributed by atoms with Crippen LogP contribution in [0.2, 0.25) is 0 Å². The summed E-state index contributed by atoms with van der Waals surface area (Å²) in [5.74, 6) is 0. The van der Waals surface area contributed by atoms with Crippen molar-refractivity contribution >= 4 is 26.3 Å². The fourth-order valence-corrected chi connectivity index (χ4v) is 3.65. The van der Waals surface area contributed by atoms with Gasteiger partial charge < -0.3 is 0 Å². The molecular formula is C6H18O3P2S+2. The Morgan fingerprint density at radius 1 is 0.833 bits per heavy atom. The van der Waals surface area contributed by atoms with Crippen molar-refractivity contribution in [2.75, 3.05) is 40.0 Å². The van der Waals surface area contributed by atoms with Crippen molar-refractivity contribution < 1.29 is 12.1 Å². The predicted molar refractivity (Wildman–Crippen MR) is 59.7 cm³/mol. The first kappa shape index (κ1) is 12.9. The Balaban J connectivity index is 3.92. The van der Waals surface area contributed by atoms with Gasteiger partial charge in [0, 0.05) is 0 Å². The SMILES string of the molecule is C[P+](C)(C)OS(=O)O[P+](C)(C)C. The lowest BCUT2D eigenvalue weighted by Gasteiger charge is -2.11. The second kappa shape index (κ2) is 4.43. The molecule has 0 saturated heterocycles. The summed E-state index contributed by atoms with van der Waals surface area (Å²) in [7, 11) is -2.93. The van der Waals surface area contributed by atoms with Gasteiger partial charge in [-0.15, -0.1) is 7.94 Å². The lowest BCUT2D eigenvalue weighted by Crippen LogP contribution is -2.03. The van der Waals surface area contributed by atoms with E-state index in [-0.39, 0.29) is 0 Å². The maximum atomic E-state index is 11.2. The zero-order chi connectivity index (χ0) is 9.99. The topological polar surface area (TPSA) is 35.5 Å². The summed E-state index contributed by atoms with van der Waals surface area (Å²) in [5.41, 5.74) is 0. The molecule has 0 saturated carbocycles. The summed E-state index contributed by atoms with van der Waals surface area (Å²) in [4.78, 5) is 0. The average Bonchev–Trinajstić information content (AvgIpc) is 1.49. The Morgan fingerprint density at radius 2 is 1.08 bits per heavy atom. The number of hydrogen-bond acceptors (Lipinski definition) is 3. The molecule has 0 fully saturated rings. The van der Waals surface area contributed by atoms with Crippen LogP contribution in [0.1, 0.15) is 0 Å². The third-order valence-corrected chi connectivity index (χ3v) is 5.12. The maximum Gasteiger partial charge on any atom is 0.376 e. The molecule has 0 aromatic heterocycles. The molecule has 0 bridgehead atoms. The first-order chi connectivity index (χ1) is 5.10. The first-order valence-electron chi connectivity index (χ1n) is 3.55. The molecule has 0 spiro atoms. The van der Waals surface area contributed by atoms with Crippen LogP contribution in [0.25, 0.3) is 0 Å². The molecule has 0 radical (unpaired) electrons. The highest BCUT2D eigenvalue weighted by atomic mass is 32.2. The van der Waals surface area contributed by atoms with E-state index in [9.17, 15) is 4.21 Å². The maximum absolute atomic E-state index is 11.2. The average molecular weight is 232 g/mol. The van der Waals surface area contributed by atoms with Gasteiger partial charge in [-0.25, -0.2) is 0 Å². The Bertz CT molecular complexity index is 153. The third-order valence-electron chi connectivity index (χ3n) is 0.569. The molecule has 0 aromatic carbocycles. The molecule has 12 heavy (non-hydrogen) atoms. The zero-order valence-corrected chi connectivity index (χ0v) is 11.1. The van der Waals surface area contributed by atoms with E-state index < -0.39 is 26.3 Å². The minimum absolute atomic E-state index is 1.47. The van der Waals surface area contributed by atoms with Crippen molar-refractivity contribution in [3.63, 3.8) is 0 Å². The lowest BCUT2D eigenvalue weighted by atomic mass is 11.9. The molecular weight excluding hydrogens is 214 g/mol. The van der Waals surface area contributed by atoms with Gasteiger partial charge in [-0.1, -0.05) is 0 Å². The largest absolute Gasteiger partial charge is 0.376 e. The number of hydrogen-bond donors (Lipinski definition) is 0. The van der Waals surface area contributed by atoms with Crippen LogP contribution in [0.3, 0.4) is 0 Å². The second-order valence-corrected chi connectivity index (χ2v) is 13.3. The standard InChI is InChI=1S/C6H18O3P2S/c1-10(2,3)8-12(7)9-11(4,5)6/h1-6H3/q+2. The highest BCUT2D eigenvalue weighted by Crippen LogP contribution is 2.54. The van der Waals surface area contributed by atoms with E-state index >= 15 is 0 Å². The predicted octanol–water partition coefficient (Wildman–Crippen LogP) is 2.24. The fourth-order valence-electron chi connectivity index (χ4n) is 0.379. The molecule has 0 aromatic rings. The van der Waals surface area contributed by atoms with E-state index in [1.807, 2.05) is 40.0 Å². The van der Waals surface area contributed by atoms with Gasteiger partial charge in [0.2, 0.25) is 0 Å². The first-order valence-corrected chi connectivity index (χ1v) is 10.6. The summed E-state index contributed by atoms with van der Waals surface area (Å²) in [5, 5.41) is 0. The lowest BCUT2D eigenvalue weighted by molar-refractivity contribution is 0.498. The fraction of sp³-hybridized carbons (Fsp3) is 1.00. The van der Waals surface area contributed by atoms with Crippen LogP contribution in [0, 0.1) is 0 Å². The molecule has 0 amide bonds. The Morgan fingerprint density at radius 3 is 1.25 bits per heavy atom. The van der Waals surface area contributed by atoms with Gasteiger partial charge in [0.05, 0.1) is 40.0 Å². The van der Waals surface area contributed by atoms with Crippen LogP contribution >= 0.6 is 15.0 Å². The number of rotatable bonds is 4. The highest BCUT2D eigenvalue weighted by Gasteiger charge is 2.31. The molecule has 0 aliphatic rings. The highest BCUT2D eigenvalue weighted by molar-refractivity contribution is 7.90. The van der Waals surface area contributed by atoms with Gasteiger partial charge in [0.25, 0.3) is 0 Å². The molecule has 74 valence electrons. The van der Waals surface area contributed by atoms with Crippen LogP contribution in [-0.2, 0) is 19.3 Å². The Kier molecular flexibility index (Phi) is 4.78. The van der Waals surface area contributed by atoms with Crippen molar-refractivity contribution in [3.8, 4) is 0 Å². The van der Waals surface area contributed by atoms with Crippen LogP contribution in [0.5, 0.6) is 0 Å². The van der Waals surface area contributed by atoms with Gasteiger partial charge in [-0.2, -0.15) is 4.21 Å². The van der Waals surface area contributed by atoms with Crippen molar-refractivity contribution in [2.45, 2.75) is 0 Å². The van der Waals surface area contributed by atoms with Crippen LogP contribution in [-0.4, -0.2) is 44.2 Å². The van der Waals surface area contributed by atoms with E-state index in [1.165, 1.54) is 0 Å². The molecule has 0 N–H and O–H groups in total. The van der Waals surface area contributed by atoms with Crippen LogP contribution in [0.15, 0.2) is 0 Å². The Hall–Kier alpha value is 0.930. The van der Waals surface area contributed by atoms with Gasteiger partial charge in [0.15, 0.2) is 15.0 Å². The van der Waals surface area contributed by atoms with Gasteiger partial charge >= 0.3 is 11.4 Å². The molecule has 0 unspecified atom stereocenters. The van der Waals surface area contributed by atoms with Crippen molar-refractivity contribution in [2.24, 2.45) is 0 Å².